The molecular formula is C16H28N4O2. The number of aromatic nitrogens is 2. The zero-order valence-electron chi connectivity index (χ0n) is 14.3. The highest BCUT2D eigenvalue weighted by Gasteiger charge is 2.29. The van der Waals surface area contributed by atoms with Crippen LogP contribution in [-0.2, 0) is 11.8 Å². The van der Waals surface area contributed by atoms with Crippen LogP contribution in [0, 0.1) is 12.8 Å². The van der Waals surface area contributed by atoms with E-state index in [0.29, 0.717) is 25.7 Å². The Morgan fingerprint density at radius 2 is 2.23 bits per heavy atom. The highest BCUT2D eigenvalue weighted by Crippen LogP contribution is 2.19. The Kier molecular flexibility index (Phi) is 5.45. The third-order valence-corrected chi connectivity index (χ3v) is 4.09. The lowest BCUT2D eigenvalue weighted by molar-refractivity contribution is 0.00509. The predicted octanol–water partition coefficient (Wildman–Crippen LogP) is 2.25. The van der Waals surface area contributed by atoms with E-state index in [-0.39, 0.29) is 18.1 Å². The lowest BCUT2D eigenvalue weighted by atomic mass is 10.0. The molecule has 0 radical (unpaired) electrons. The van der Waals surface area contributed by atoms with Crippen molar-refractivity contribution in [2.75, 3.05) is 19.8 Å². The SMILES string of the molecule is Cc1nn(C)cc1[C@H](C)NC(=O)N1CCOC[C@H]1CC(C)C. The van der Waals surface area contributed by atoms with Gasteiger partial charge in [-0.3, -0.25) is 4.68 Å². The first kappa shape index (κ1) is 16.8. The van der Waals surface area contributed by atoms with Gasteiger partial charge >= 0.3 is 6.03 Å². The maximum absolute atomic E-state index is 12.6. The van der Waals surface area contributed by atoms with E-state index in [4.69, 9.17) is 4.74 Å². The summed E-state index contributed by atoms with van der Waals surface area (Å²) in [5.41, 5.74) is 2.01. The smallest absolute Gasteiger partial charge is 0.318 e. The highest BCUT2D eigenvalue weighted by atomic mass is 16.5. The molecule has 1 aliphatic rings. The normalized spacial score (nSPS) is 20.3. The summed E-state index contributed by atoms with van der Waals surface area (Å²) in [4.78, 5) is 14.5. The van der Waals surface area contributed by atoms with Crippen LogP contribution in [0.4, 0.5) is 4.79 Å². The second-order valence-electron chi connectivity index (χ2n) is 6.57. The minimum Gasteiger partial charge on any atom is -0.377 e. The Hall–Kier alpha value is -1.56. The maximum atomic E-state index is 12.6. The third-order valence-electron chi connectivity index (χ3n) is 4.09. The number of nitrogens with one attached hydrogen (secondary N) is 1. The van der Waals surface area contributed by atoms with Crippen LogP contribution in [0.25, 0.3) is 0 Å². The van der Waals surface area contributed by atoms with Gasteiger partial charge in [-0.1, -0.05) is 13.8 Å². The summed E-state index contributed by atoms with van der Waals surface area (Å²) in [7, 11) is 1.89. The molecule has 1 aromatic heterocycles. The number of urea groups is 1. The fraction of sp³-hybridized carbons (Fsp3) is 0.750. The number of ether oxygens (including phenoxy) is 1. The van der Waals surface area contributed by atoms with Crippen molar-refractivity contribution < 1.29 is 9.53 Å². The van der Waals surface area contributed by atoms with E-state index >= 15 is 0 Å². The van der Waals surface area contributed by atoms with Crippen molar-refractivity contribution in [2.24, 2.45) is 13.0 Å². The van der Waals surface area contributed by atoms with E-state index in [9.17, 15) is 4.79 Å². The summed E-state index contributed by atoms with van der Waals surface area (Å²) < 4.78 is 7.32. The van der Waals surface area contributed by atoms with Crippen LogP contribution in [0.2, 0.25) is 0 Å². The van der Waals surface area contributed by atoms with E-state index < -0.39 is 0 Å². The molecule has 6 nitrogen and oxygen atoms in total. The molecule has 0 unspecified atom stereocenters. The number of hydrogen-bond donors (Lipinski definition) is 1. The number of rotatable bonds is 4. The number of nitrogens with zero attached hydrogens (tertiary/aromatic N) is 3. The summed E-state index contributed by atoms with van der Waals surface area (Å²) in [5, 5.41) is 7.44. The van der Waals surface area contributed by atoms with Gasteiger partial charge in [-0.2, -0.15) is 5.10 Å². The zero-order valence-corrected chi connectivity index (χ0v) is 14.3. The van der Waals surface area contributed by atoms with Crippen molar-refractivity contribution in [3.8, 4) is 0 Å². The molecule has 6 heteroatoms. The number of aryl methyl sites for hydroxylation is 2. The second kappa shape index (κ2) is 7.13. The van der Waals surface area contributed by atoms with Crippen molar-refractivity contribution in [1.82, 2.24) is 20.0 Å². The van der Waals surface area contributed by atoms with Gasteiger partial charge in [0.2, 0.25) is 0 Å². The van der Waals surface area contributed by atoms with Gasteiger partial charge in [0.25, 0.3) is 0 Å². The molecule has 1 aromatic rings. The van der Waals surface area contributed by atoms with E-state index in [0.717, 1.165) is 17.7 Å². The fourth-order valence-electron chi connectivity index (χ4n) is 3.05. The Morgan fingerprint density at radius 3 is 2.82 bits per heavy atom. The van der Waals surface area contributed by atoms with Crippen LogP contribution >= 0.6 is 0 Å². The standard InChI is InChI=1S/C16H28N4O2/c1-11(2)8-14-10-22-7-6-20(14)16(21)17-12(3)15-9-19(5)18-13(15)4/h9,11-12,14H,6-8,10H2,1-5H3,(H,17,21)/t12-,14+/m0/s1. The molecular weight excluding hydrogens is 280 g/mol. The molecule has 0 saturated carbocycles. The van der Waals surface area contributed by atoms with Gasteiger partial charge in [0.05, 0.1) is 31.0 Å². The summed E-state index contributed by atoms with van der Waals surface area (Å²) in [6.45, 7) is 10.2. The molecule has 0 bridgehead atoms. The molecule has 22 heavy (non-hydrogen) atoms. The zero-order chi connectivity index (χ0) is 16.3. The topological polar surface area (TPSA) is 59.4 Å². The molecule has 124 valence electrons. The van der Waals surface area contributed by atoms with Crippen LogP contribution < -0.4 is 5.32 Å². The number of morpholine rings is 1. The predicted molar refractivity (Wildman–Crippen MR) is 85.7 cm³/mol. The molecule has 1 N–H and O–H groups in total. The minimum atomic E-state index is -0.0521. The largest absolute Gasteiger partial charge is 0.377 e. The first-order valence-corrected chi connectivity index (χ1v) is 8.03. The Labute approximate surface area is 132 Å². The lowest BCUT2D eigenvalue weighted by Gasteiger charge is -2.37. The average molecular weight is 308 g/mol. The molecule has 2 heterocycles. The number of hydrogen-bond acceptors (Lipinski definition) is 3. The summed E-state index contributed by atoms with van der Waals surface area (Å²) >= 11 is 0. The lowest BCUT2D eigenvalue weighted by Crippen LogP contribution is -2.53. The van der Waals surface area contributed by atoms with Crippen LogP contribution in [0.5, 0.6) is 0 Å². The summed E-state index contributed by atoms with van der Waals surface area (Å²) in [5.74, 6) is 0.542. The number of amides is 2. The number of carbonyl (C=O) groups is 1. The Balaban J connectivity index is 2.01. The fourth-order valence-corrected chi connectivity index (χ4v) is 3.05. The number of carbonyl (C=O) groups excluding carboxylic acids is 1. The first-order valence-electron chi connectivity index (χ1n) is 8.03. The summed E-state index contributed by atoms with van der Waals surface area (Å²) in [6.07, 6.45) is 2.93. The van der Waals surface area contributed by atoms with Gasteiger partial charge in [-0.25, -0.2) is 4.79 Å². The Morgan fingerprint density at radius 1 is 1.50 bits per heavy atom. The van der Waals surface area contributed by atoms with Crippen molar-refractivity contribution in [2.45, 2.75) is 46.2 Å². The highest BCUT2D eigenvalue weighted by molar-refractivity contribution is 5.75. The molecule has 2 rings (SSSR count). The van der Waals surface area contributed by atoms with Crippen molar-refractivity contribution >= 4 is 6.03 Å². The molecule has 1 saturated heterocycles. The van der Waals surface area contributed by atoms with Gasteiger partial charge in [-0.05, 0) is 26.2 Å². The minimum absolute atomic E-state index is 0.00953. The summed E-state index contributed by atoms with van der Waals surface area (Å²) in [6, 6.07) is 0.101. The van der Waals surface area contributed by atoms with Gasteiger partial charge in [0.15, 0.2) is 0 Å². The van der Waals surface area contributed by atoms with Crippen LogP contribution in [0.3, 0.4) is 0 Å². The van der Waals surface area contributed by atoms with E-state index in [1.165, 1.54) is 0 Å². The molecule has 1 fully saturated rings. The van der Waals surface area contributed by atoms with Crippen molar-refractivity contribution in [1.29, 1.82) is 0 Å². The van der Waals surface area contributed by atoms with Crippen LogP contribution in [0.15, 0.2) is 6.20 Å². The van der Waals surface area contributed by atoms with Crippen LogP contribution in [0.1, 0.15) is 44.5 Å². The third kappa shape index (κ3) is 4.00. The molecule has 0 aromatic carbocycles. The molecule has 0 aliphatic carbocycles. The first-order chi connectivity index (χ1) is 10.4. The quantitative estimate of drug-likeness (QED) is 0.928. The van der Waals surface area contributed by atoms with Crippen molar-refractivity contribution in [3.63, 3.8) is 0 Å². The maximum Gasteiger partial charge on any atom is 0.318 e. The van der Waals surface area contributed by atoms with E-state index in [2.05, 4.69) is 24.3 Å². The van der Waals surface area contributed by atoms with Crippen LogP contribution in [-0.4, -0.2) is 46.5 Å². The molecule has 2 amide bonds. The Bertz CT molecular complexity index is 512. The monoisotopic (exact) mass is 308 g/mol. The van der Waals surface area contributed by atoms with Gasteiger partial charge in [0, 0.05) is 25.4 Å². The van der Waals surface area contributed by atoms with Gasteiger partial charge in [0.1, 0.15) is 0 Å². The van der Waals surface area contributed by atoms with Gasteiger partial charge < -0.3 is 15.0 Å². The van der Waals surface area contributed by atoms with Crippen molar-refractivity contribution in [3.05, 3.63) is 17.5 Å². The molecule has 1 aliphatic heterocycles. The van der Waals surface area contributed by atoms with E-state index in [1.807, 2.05) is 32.0 Å². The molecule has 0 spiro atoms. The average Bonchev–Trinajstić information content (AvgIpc) is 2.77. The van der Waals surface area contributed by atoms with Gasteiger partial charge in [-0.15, -0.1) is 0 Å². The van der Waals surface area contributed by atoms with E-state index in [1.54, 1.807) is 4.68 Å². The molecule has 2 atom stereocenters. The second-order valence-corrected chi connectivity index (χ2v) is 6.57.